The van der Waals surface area contributed by atoms with Gasteiger partial charge in [-0.3, -0.25) is 9.59 Å². The number of benzene rings is 2. The Morgan fingerprint density at radius 2 is 1.67 bits per heavy atom. The number of methoxy groups -OCH3 is 2. The quantitative estimate of drug-likeness (QED) is 0.737. The first-order valence-corrected chi connectivity index (χ1v) is 8.80. The molecular weight excluding hydrogens is 344 g/mol. The molecule has 0 aromatic heterocycles. The summed E-state index contributed by atoms with van der Waals surface area (Å²) in [4.78, 5) is 25.7. The second-order valence-electron chi connectivity index (χ2n) is 6.14. The van der Waals surface area contributed by atoms with E-state index in [2.05, 4.69) is 5.32 Å². The molecule has 0 bridgehead atoms. The number of hydrogen-bond acceptors (Lipinski definition) is 4. The van der Waals surface area contributed by atoms with Gasteiger partial charge in [0.2, 0.25) is 11.8 Å². The van der Waals surface area contributed by atoms with Crippen molar-refractivity contribution in [2.24, 2.45) is 0 Å². The Morgan fingerprint density at radius 3 is 2.30 bits per heavy atom. The van der Waals surface area contributed by atoms with Gasteiger partial charge in [0.05, 0.1) is 14.2 Å². The van der Waals surface area contributed by atoms with Crippen LogP contribution in [0.5, 0.6) is 11.5 Å². The zero-order valence-corrected chi connectivity index (χ0v) is 16.0. The number of nitrogens with zero attached hydrogens (tertiary/aromatic N) is 1. The maximum absolute atomic E-state index is 12.1. The fourth-order valence-electron chi connectivity index (χ4n) is 2.67. The van der Waals surface area contributed by atoms with E-state index in [1.807, 2.05) is 42.5 Å². The predicted molar refractivity (Wildman–Crippen MR) is 104 cm³/mol. The lowest BCUT2D eigenvalue weighted by Gasteiger charge is -2.21. The summed E-state index contributed by atoms with van der Waals surface area (Å²) >= 11 is 0. The van der Waals surface area contributed by atoms with Crippen molar-refractivity contribution < 1.29 is 19.1 Å². The van der Waals surface area contributed by atoms with Crippen LogP contribution in [0.4, 0.5) is 0 Å². The zero-order valence-electron chi connectivity index (χ0n) is 16.0. The molecule has 0 saturated carbocycles. The van der Waals surface area contributed by atoms with Crippen molar-refractivity contribution in [1.82, 2.24) is 10.2 Å². The average Bonchev–Trinajstić information content (AvgIpc) is 2.69. The molecule has 144 valence electrons. The van der Waals surface area contributed by atoms with Gasteiger partial charge in [-0.25, -0.2) is 0 Å². The van der Waals surface area contributed by atoms with Gasteiger partial charge in [0, 0.05) is 33.0 Å². The second-order valence-corrected chi connectivity index (χ2v) is 6.14. The number of carbonyl (C=O) groups is 2. The van der Waals surface area contributed by atoms with Crippen LogP contribution in [-0.2, 0) is 22.7 Å². The van der Waals surface area contributed by atoms with Gasteiger partial charge >= 0.3 is 0 Å². The summed E-state index contributed by atoms with van der Waals surface area (Å²) in [7, 11) is 3.15. The monoisotopic (exact) mass is 370 g/mol. The van der Waals surface area contributed by atoms with Gasteiger partial charge in [0.25, 0.3) is 0 Å². The summed E-state index contributed by atoms with van der Waals surface area (Å²) in [6, 6.07) is 15.2. The van der Waals surface area contributed by atoms with Gasteiger partial charge < -0.3 is 19.7 Å². The van der Waals surface area contributed by atoms with E-state index in [0.717, 1.165) is 11.1 Å². The highest BCUT2D eigenvalue weighted by Gasteiger charge is 2.13. The lowest BCUT2D eigenvalue weighted by molar-refractivity contribution is -0.130. The molecule has 2 aromatic carbocycles. The first-order valence-electron chi connectivity index (χ1n) is 8.80. The molecule has 0 atom stereocenters. The molecule has 6 heteroatoms. The van der Waals surface area contributed by atoms with Crippen molar-refractivity contribution in [2.45, 2.75) is 26.4 Å². The molecule has 0 aliphatic heterocycles. The van der Waals surface area contributed by atoms with Crippen LogP contribution in [0.3, 0.4) is 0 Å². The van der Waals surface area contributed by atoms with Crippen LogP contribution < -0.4 is 14.8 Å². The third-order valence-corrected chi connectivity index (χ3v) is 4.21. The molecule has 27 heavy (non-hydrogen) atoms. The number of hydrogen-bond donors (Lipinski definition) is 1. The summed E-state index contributed by atoms with van der Waals surface area (Å²) in [5.41, 5.74) is 1.95. The van der Waals surface area contributed by atoms with Crippen LogP contribution in [0.1, 0.15) is 24.5 Å². The largest absolute Gasteiger partial charge is 0.493 e. The summed E-state index contributed by atoms with van der Waals surface area (Å²) in [5.74, 6) is 1.08. The van der Waals surface area contributed by atoms with Crippen LogP contribution in [0, 0.1) is 0 Å². The Bertz CT molecular complexity index is 762. The van der Waals surface area contributed by atoms with E-state index in [9.17, 15) is 9.59 Å². The fourth-order valence-corrected chi connectivity index (χ4v) is 2.67. The molecule has 1 N–H and O–H groups in total. The average molecular weight is 370 g/mol. The summed E-state index contributed by atoms with van der Waals surface area (Å²) < 4.78 is 10.5. The van der Waals surface area contributed by atoms with Crippen LogP contribution in [0.2, 0.25) is 0 Å². The van der Waals surface area contributed by atoms with Crippen molar-refractivity contribution >= 4 is 11.8 Å². The Balaban J connectivity index is 1.89. The summed E-state index contributed by atoms with van der Waals surface area (Å²) in [5, 5.41) is 2.88. The minimum atomic E-state index is -0.0857. The molecular formula is C21H26N2O4. The highest BCUT2D eigenvalue weighted by Crippen LogP contribution is 2.28. The van der Waals surface area contributed by atoms with Gasteiger partial charge in [-0.1, -0.05) is 36.4 Å². The van der Waals surface area contributed by atoms with E-state index >= 15 is 0 Å². The van der Waals surface area contributed by atoms with Crippen LogP contribution in [0.15, 0.2) is 48.5 Å². The normalized spacial score (nSPS) is 10.2. The van der Waals surface area contributed by atoms with Crippen LogP contribution >= 0.6 is 0 Å². The Hall–Kier alpha value is -3.02. The molecule has 2 amide bonds. The predicted octanol–water partition coefficient (Wildman–Crippen LogP) is 2.76. The van der Waals surface area contributed by atoms with E-state index in [4.69, 9.17) is 9.47 Å². The Kier molecular flexibility index (Phi) is 7.67. The van der Waals surface area contributed by atoms with Crippen molar-refractivity contribution in [2.75, 3.05) is 20.8 Å². The Labute approximate surface area is 160 Å². The molecule has 2 aromatic rings. The van der Waals surface area contributed by atoms with Gasteiger partial charge in [0.1, 0.15) is 0 Å². The third kappa shape index (κ3) is 6.33. The number of carbonyl (C=O) groups excluding carboxylic acids is 2. The molecule has 0 radical (unpaired) electrons. The maximum Gasteiger partial charge on any atom is 0.222 e. The van der Waals surface area contributed by atoms with Crippen molar-refractivity contribution in [3.05, 3.63) is 59.7 Å². The Morgan fingerprint density at radius 1 is 0.963 bits per heavy atom. The minimum absolute atomic E-state index is 0.0827. The molecule has 0 unspecified atom stereocenters. The van der Waals surface area contributed by atoms with Gasteiger partial charge in [-0.2, -0.15) is 0 Å². The molecule has 0 aliphatic rings. The smallest absolute Gasteiger partial charge is 0.222 e. The van der Waals surface area contributed by atoms with E-state index in [1.54, 1.807) is 25.2 Å². The number of ether oxygens (including phenoxy) is 2. The summed E-state index contributed by atoms with van der Waals surface area (Å²) in [6.07, 6.45) is 0.250. The van der Waals surface area contributed by atoms with Gasteiger partial charge in [0.15, 0.2) is 11.5 Å². The van der Waals surface area contributed by atoms with Crippen molar-refractivity contribution in [3.63, 3.8) is 0 Å². The lowest BCUT2D eigenvalue weighted by Crippen LogP contribution is -2.33. The fraction of sp³-hybridized carbons (Fsp3) is 0.333. The topological polar surface area (TPSA) is 67.9 Å². The van der Waals surface area contributed by atoms with E-state index in [0.29, 0.717) is 31.1 Å². The highest BCUT2D eigenvalue weighted by molar-refractivity contribution is 5.78. The third-order valence-electron chi connectivity index (χ3n) is 4.21. The van der Waals surface area contributed by atoms with Crippen LogP contribution in [-0.4, -0.2) is 37.5 Å². The molecule has 0 spiro atoms. The minimum Gasteiger partial charge on any atom is -0.493 e. The molecule has 0 saturated heterocycles. The van der Waals surface area contributed by atoms with Crippen molar-refractivity contribution in [1.29, 1.82) is 0 Å². The molecule has 2 rings (SSSR count). The summed E-state index contributed by atoms with van der Waals surface area (Å²) in [6.45, 7) is 2.74. The standard InChI is InChI=1S/C21H26N2O4/c1-16(24)23(15-18-9-10-19(26-2)20(13-18)27-3)12-11-21(25)22-14-17-7-5-4-6-8-17/h4-10,13H,11-12,14-15H2,1-3H3,(H,22,25). The lowest BCUT2D eigenvalue weighted by atomic mass is 10.1. The molecule has 0 aliphatic carbocycles. The second kappa shape index (κ2) is 10.2. The molecule has 0 heterocycles. The highest BCUT2D eigenvalue weighted by atomic mass is 16.5. The van der Waals surface area contributed by atoms with E-state index < -0.39 is 0 Å². The first kappa shape index (κ1) is 20.3. The molecule has 0 fully saturated rings. The van der Waals surface area contributed by atoms with E-state index in [1.165, 1.54) is 6.92 Å². The maximum atomic E-state index is 12.1. The van der Waals surface area contributed by atoms with Gasteiger partial charge in [-0.05, 0) is 23.3 Å². The van der Waals surface area contributed by atoms with Crippen LogP contribution in [0.25, 0.3) is 0 Å². The van der Waals surface area contributed by atoms with Gasteiger partial charge in [-0.15, -0.1) is 0 Å². The number of rotatable bonds is 9. The SMILES string of the molecule is COc1ccc(CN(CCC(=O)NCc2ccccc2)C(C)=O)cc1OC. The first-order chi connectivity index (χ1) is 13.0. The zero-order chi connectivity index (χ0) is 19.6. The number of amides is 2. The molecule has 6 nitrogen and oxygen atoms in total. The van der Waals surface area contributed by atoms with Crippen molar-refractivity contribution in [3.8, 4) is 11.5 Å². The van der Waals surface area contributed by atoms with E-state index in [-0.39, 0.29) is 18.2 Å². The number of nitrogens with one attached hydrogen (secondary N) is 1.